The summed E-state index contributed by atoms with van der Waals surface area (Å²) in [4.78, 5) is 2.50. The van der Waals surface area contributed by atoms with Gasteiger partial charge in [-0.2, -0.15) is 0 Å². The normalized spacial score (nSPS) is 22.6. The van der Waals surface area contributed by atoms with Gasteiger partial charge in [-0.1, -0.05) is 12.1 Å². The molecule has 0 aromatic heterocycles. The molecule has 3 rings (SSSR count). The van der Waals surface area contributed by atoms with Gasteiger partial charge in [0.25, 0.3) is 0 Å². The molecule has 3 nitrogen and oxygen atoms in total. The highest BCUT2D eigenvalue weighted by atomic mass is 16.5. The standard InChI is InChI=1S/C16H24N2O/c1-16(2)12-18(8-9-19-16)11-13-5-6-15-14(10-13)4-3-7-17-15/h5-6,10,17H,3-4,7-9,11-12H2,1-2H3. The van der Waals surface area contributed by atoms with Crippen LogP contribution in [0.4, 0.5) is 5.69 Å². The van der Waals surface area contributed by atoms with Crippen molar-refractivity contribution in [3.05, 3.63) is 29.3 Å². The van der Waals surface area contributed by atoms with E-state index < -0.39 is 0 Å². The van der Waals surface area contributed by atoms with E-state index in [2.05, 4.69) is 42.3 Å². The Kier molecular flexibility index (Phi) is 3.50. The summed E-state index contributed by atoms with van der Waals surface area (Å²) in [5, 5.41) is 3.47. The lowest BCUT2D eigenvalue weighted by molar-refractivity contribution is -0.0882. The van der Waals surface area contributed by atoms with E-state index in [1.165, 1.54) is 29.7 Å². The summed E-state index contributed by atoms with van der Waals surface area (Å²) >= 11 is 0. The van der Waals surface area contributed by atoms with Crippen LogP contribution in [0.5, 0.6) is 0 Å². The lowest BCUT2D eigenvalue weighted by Gasteiger charge is -2.38. The molecule has 3 heteroatoms. The van der Waals surface area contributed by atoms with Gasteiger partial charge >= 0.3 is 0 Å². The van der Waals surface area contributed by atoms with Crippen LogP contribution in [-0.2, 0) is 17.7 Å². The maximum Gasteiger partial charge on any atom is 0.0753 e. The van der Waals surface area contributed by atoms with Gasteiger partial charge in [0.15, 0.2) is 0 Å². The number of benzene rings is 1. The zero-order valence-electron chi connectivity index (χ0n) is 12.0. The topological polar surface area (TPSA) is 24.5 Å². The van der Waals surface area contributed by atoms with Crippen molar-refractivity contribution in [3.8, 4) is 0 Å². The number of ether oxygens (including phenoxy) is 1. The number of morpholine rings is 1. The van der Waals surface area contributed by atoms with Gasteiger partial charge in [-0.05, 0) is 43.9 Å². The second kappa shape index (κ2) is 5.14. The number of fused-ring (bicyclic) bond motifs is 1. The highest BCUT2D eigenvalue weighted by molar-refractivity contribution is 5.54. The van der Waals surface area contributed by atoms with Gasteiger partial charge < -0.3 is 10.1 Å². The van der Waals surface area contributed by atoms with Crippen LogP contribution in [0.15, 0.2) is 18.2 Å². The molecule has 1 fully saturated rings. The van der Waals surface area contributed by atoms with Gasteiger partial charge in [-0.15, -0.1) is 0 Å². The third-order valence-electron chi connectivity index (χ3n) is 4.02. The summed E-state index contributed by atoms with van der Waals surface area (Å²) in [5.74, 6) is 0. The molecule has 1 saturated heterocycles. The van der Waals surface area contributed by atoms with Crippen molar-refractivity contribution in [1.29, 1.82) is 0 Å². The van der Waals surface area contributed by atoms with E-state index in [0.717, 1.165) is 32.8 Å². The minimum atomic E-state index is -0.00594. The number of aryl methyl sites for hydroxylation is 1. The monoisotopic (exact) mass is 260 g/mol. The van der Waals surface area contributed by atoms with Crippen LogP contribution in [0.2, 0.25) is 0 Å². The Morgan fingerprint density at radius 2 is 2.26 bits per heavy atom. The molecule has 1 N–H and O–H groups in total. The number of rotatable bonds is 2. The number of nitrogens with zero attached hydrogens (tertiary/aromatic N) is 1. The van der Waals surface area contributed by atoms with E-state index in [1.54, 1.807) is 0 Å². The van der Waals surface area contributed by atoms with Gasteiger partial charge in [0.1, 0.15) is 0 Å². The first kappa shape index (κ1) is 12.9. The van der Waals surface area contributed by atoms with Crippen LogP contribution in [0.25, 0.3) is 0 Å². The van der Waals surface area contributed by atoms with Gasteiger partial charge in [0, 0.05) is 31.9 Å². The first-order valence-electron chi connectivity index (χ1n) is 7.34. The Balaban J connectivity index is 1.69. The third-order valence-corrected chi connectivity index (χ3v) is 4.02. The number of hydrogen-bond donors (Lipinski definition) is 1. The van der Waals surface area contributed by atoms with Gasteiger partial charge in [-0.25, -0.2) is 0 Å². The molecular formula is C16H24N2O. The second-order valence-corrected chi connectivity index (χ2v) is 6.34. The second-order valence-electron chi connectivity index (χ2n) is 6.34. The molecule has 1 aromatic rings. The molecule has 2 aliphatic heterocycles. The van der Waals surface area contributed by atoms with Crippen LogP contribution in [0.1, 0.15) is 31.4 Å². The number of anilines is 1. The lowest BCUT2D eigenvalue weighted by Crippen LogP contribution is -2.47. The van der Waals surface area contributed by atoms with E-state index in [-0.39, 0.29) is 5.60 Å². The third kappa shape index (κ3) is 3.10. The summed E-state index contributed by atoms with van der Waals surface area (Å²) in [6, 6.07) is 6.89. The van der Waals surface area contributed by atoms with Crippen molar-refractivity contribution >= 4 is 5.69 Å². The zero-order chi connectivity index (χ0) is 13.3. The molecule has 2 heterocycles. The minimum absolute atomic E-state index is 0.00594. The van der Waals surface area contributed by atoms with Crippen molar-refractivity contribution in [2.24, 2.45) is 0 Å². The molecule has 104 valence electrons. The largest absolute Gasteiger partial charge is 0.385 e. The van der Waals surface area contributed by atoms with Gasteiger partial charge in [0.05, 0.1) is 12.2 Å². The number of hydrogen-bond acceptors (Lipinski definition) is 3. The predicted molar refractivity (Wildman–Crippen MR) is 78.6 cm³/mol. The van der Waals surface area contributed by atoms with Crippen LogP contribution in [0, 0.1) is 0 Å². The highest BCUT2D eigenvalue weighted by Gasteiger charge is 2.27. The average Bonchev–Trinajstić information content (AvgIpc) is 2.37. The first-order chi connectivity index (χ1) is 9.12. The average molecular weight is 260 g/mol. The summed E-state index contributed by atoms with van der Waals surface area (Å²) in [7, 11) is 0. The summed E-state index contributed by atoms with van der Waals surface area (Å²) in [6.07, 6.45) is 2.46. The van der Waals surface area contributed by atoms with E-state index in [0.29, 0.717) is 0 Å². The van der Waals surface area contributed by atoms with E-state index in [9.17, 15) is 0 Å². The maximum atomic E-state index is 5.77. The first-order valence-corrected chi connectivity index (χ1v) is 7.34. The molecule has 0 radical (unpaired) electrons. The Labute approximate surface area is 115 Å². The van der Waals surface area contributed by atoms with Crippen LogP contribution < -0.4 is 5.32 Å². The quantitative estimate of drug-likeness (QED) is 0.884. The molecule has 2 aliphatic rings. The minimum Gasteiger partial charge on any atom is -0.385 e. The van der Waals surface area contributed by atoms with E-state index >= 15 is 0 Å². The Morgan fingerprint density at radius 3 is 3.11 bits per heavy atom. The molecule has 0 atom stereocenters. The molecule has 0 amide bonds. The van der Waals surface area contributed by atoms with Crippen LogP contribution in [-0.4, -0.2) is 36.7 Å². The van der Waals surface area contributed by atoms with Crippen molar-refractivity contribution in [2.75, 3.05) is 31.6 Å². The van der Waals surface area contributed by atoms with E-state index in [4.69, 9.17) is 4.74 Å². The SMILES string of the molecule is CC1(C)CN(Cc2ccc3c(c2)CCCN3)CCO1. The smallest absolute Gasteiger partial charge is 0.0753 e. The molecule has 1 aromatic carbocycles. The highest BCUT2D eigenvalue weighted by Crippen LogP contribution is 2.24. The molecule has 0 saturated carbocycles. The lowest BCUT2D eigenvalue weighted by atomic mass is 10.00. The van der Waals surface area contributed by atoms with Crippen molar-refractivity contribution < 1.29 is 4.74 Å². The predicted octanol–water partition coefficient (Wildman–Crippen LogP) is 2.66. The Hall–Kier alpha value is -1.06. The van der Waals surface area contributed by atoms with Crippen molar-refractivity contribution in [1.82, 2.24) is 4.90 Å². The van der Waals surface area contributed by atoms with Crippen LogP contribution in [0.3, 0.4) is 0 Å². The summed E-state index contributed by atoms with van der Waals surface area (Å²) < 4.78 is 5.77. The molecular weight excluding hydrogens is 236 g/mol. The Morgan fingerprint density at radius 1 is 1.37 bits per heavy atom. The van der Waals surface area contributed by atoms with Crippen molar-refractivity contribution in [2.45, 2.75) is 38.8 Å². The number of nitrogens with one attached hydrogen (secondary N) is 1. The fraction of sp³-hybridized carbons (Fsp3) is 0.625. The zero-order valence-corrected chi connectivity index (χ0v) is 12.0. The molecule has 0 unspecified atom stereocenters. The fourth-order valence-corrected chi connectivity index (χ4v) is 3.13. The van der Waals surface area contributed by atoms with Crippen LogP contribution >= 0.6 is 0 Å². The van der Waals surface area contributed by atoms with Gasteiger partial charge in [0.2, 0.25) is 0 Å². The van der Waals surface area contributed by atoms with Crippen molar-refractivity contribution in [3.63, 3.8) is 0 Å². The van der Waals surface area contributed by atoms with Gasteiger partial charge in [-0.3, -0.25) is 4.90 Å². The summed E-state index contributed by atoms with van der Waals surface area (Å²) in [6.45, 7) is 9.41. The van der Waals surface area contributed by atoms with E-state index in [1.807, 2.05) is 0 Å². The molecule has 19 heavy (non-hydrogen) atoms. The maximum absolute atomic E-state index is 5.77. The molecule has 0 aliphatic carbocycles. The summed E-state index contributed by atoms with van der Waals surface area (Å²) in [5.41, 5.74) is 4.24. The Bertz CT molecular complexity index is 456. The molecule has 0 spiro atoms. The fourth-order valence-electron chi connectivity index (χ4n) is 3.13. The molecule has 0 bridgehead atoms.